The van der Waals surface area contributed by atoms with E-state index in [0.29, 0.717) is 0 Å². The number of hydrogen-bond acceptors (Lipinski definition) is 6. The lowest BCUT2D eigenvalue weighted by molar-refractivity contribution is -0.168. The Balaban J connectivity index is 2.45. The van der Waals surface area contributed by atoms with Crippen LogP contribution in [-0.4, -0.2) is 44.5 Å². The fourth-order valence-electron chi connectivity index (χ4n) is 3.64. The lowest BCUT2D eigenvalue weighted by Crippen LogP contribution is -2.41. The smallest absolute Gasteiger partial charge is 0.468 e. The largest absolute Gasteiger partial charge is 0.490 e. The molecule has 26 heavy (non-hydrogen) atoms. The SMILES string of the molecule is C=CC1CC(C(=O)OC)(C(=O)OC)C/C1=C(\C)B1OC(C)(C)C(C)(C)O1. The highest BCUT2D eigenvalue weighted by molar-refractivity contribution is 6.54. The summed E-state index contributed by atoms with van der Waals surface area (Å²) < 4.78 is 22.1. The molecule has 2 aliphatic rings. The van der Waals surface area contributed by atoms with E-state index in [1.54, 1.807) is 6.08 Å². The summed E-state index contributed by atoms with van der Waals surface area (Å²) in [6.07, 6.45) is 2.22. The third-order valence-electron chi connectivity index (χ3n) is 6.06. The van der Waals surface area contributed by atoms with E-state index in [1.165, 1.54) is 14.2 Å². The summed E-state index contributed by atoms with van der Waals surface area (Å²) in [5.74, 6) is -1.34. The number of esters is 2. The highest BCUT2D eigenvalue weighted by Gasteiger charge is 2.57. The lowest BCUT2D eigenvalue weighted by Gasteiger charge is -2.32. The number of carbonyl (C=O) groups is 2. The zero-order valence-electron chi connectivity index (χ0n) is 16.8. The second kappa shape index (κ2) is 6.85. The molecule has 1 heterocycles. The first-order chi connectivity index (χ1) is 12.0. The van der Waals surface area contributed by atoms with E-state index in [-0.39, 0.29) is 18.8 Å². The monoisotopic (exact) mass is 364 g/mol. The molecule has 0 bridgehead atoms. The maximum atomic E-state index is 12.5. The lowest BCUT2D eigenvalue weighted by atomic mass is 9.74. The molecule has 0 aromatic heterocycles. The maximum absolute atomic E-state index is 12.5. The number of methoxy groups -OCH3 is 2. The van der Waals surface area contributed by atoms with Crippen LogP contribution in [0.4, 0.5) is 0 Å². The van der Waals surface area contributed by atoms with Gasteiger partial charge in [0.25, 0.3) is 0 Å². The minimum atomic E-state index is -1.36. The fourth-order valence-corrected chi connectivity index (χ4v) is 3.64. The van der Waals surface area contributed by atoms with E-state index < -0.39 is 35.7 Å². The molecule has 0 radical (unpaired) electrons. The van der Waals surface area contributed by atoms with Gasteiger partial charge in [-0.15, -0.1) is 6.58 Å². The summed E-state index contributed by atoms with van der Waals surface area (Å²) in [4.78, 5) is 24.9. The van der Waals surface area contributed by atoms with Crippen LogP contribution in [0.3, 0.4) is 0 Å². The first kappa shape index (κ1) is 20.7. The van der Waals surface area contributed by atoms with E-state index in [0.717, 1.165) is 11.0 Å². The Kier molecular flexibility index (Phi) is 5.46. The highest BCUT2D eigenvalue weighted by Crippen LogP contribution is 2.50. The molecule has 0 amide bonds. The Labute approximate surface area is 156 Å². The standard InChI is InChI=1S/C19H29BO6/c1-9-13-10-19(15(21)23-7,16(22)24-8)11-14(13)12(2)20-25-17(3,4)18(5,6)26-20/h9,13H,1,10-11H2,2-8H3/b14-12-. The average molecular weight is 364 g/mol. The summed E-state index contributed by atoms with van der Waals surface area (Å²) in [5.41, 5.74) is -0.520. The van der Waals surface area contributed by atoms with Gasteiger partial charge in [-0.25, -0.2) is 0 Å². The maximum Gasteiger partial charge on any atom is 0.490 e. The van der Waals surface area contributed by atoms with E-state index in [9.17, 15) is 9.59 Å². The van der Waals surface area contributed by atoms with Crippen LogP contribution in [0.5, 0.6) is 0 Å². The van der Waals surface area contributed by atoms with Crippen molar-refractivity contribution in [3.05, 3.63) is 23.7 Å². The predicted molar refractivity (Wildman–Crippen MR) is 98.2 cm³/mol. The van der Waals surface area contributed by atoms with Crippen LogP contribution < -0.4 is 0 Å². The van der Waals surface area contributed by atoms with E-state index in [2.05, 4.69) is 6.58 Å². The van der Waals surface area contributed by atoms with Crippen LogP contribution in [0.25, 0.3) is 0 Å². The molecule has 0 aromatic carbocycles. The summed E-state index contributed by atoms with van der Waals surface area (Å²) in [6.45, 7) is 13.7. The van der Waals surface area contributed by atoms with Crippen molar-refractivity contribution < 1.29 is 28.4 Å². The number of ether oxygens (including phenoxy) is 2. The van der Waals surface area contributed by atoms with Gasteiger partial charge in [0.1, 0.15) is 0 Å². The molecular weight excluding hydrogens is 335 g/mol. The Bertz CT molecular complexity index is 616. The van der Waals surface area contributed by atoms with Crippen LogP contribution in [0, 0.1) is 11.3 Å². The van der Waals surface area contributed by atoms with Crippen molar-refractivity contribution in [1.29, 1.82) is 0 Å². The molecule has 0 spiro atoms. The Hall–Kier alpha value is -1.60. The summed E-state index contributed by atoms with van der Waals surface area (Å²) in [7, 11) is 2.01. The molecule has 1 aliphatic carbocycles. The summed E-state index contributed by atoms with van der Waals surface area (Å²) in [6, 6.07) is 0. The van der Waals surface area contributed by atoms with E-state index >= 15 is 0 Å². The molecule has 7 heteroatoms. The normalized spacial score (nSPS) is 27.8. The topological polar surface area (TPSA) is 71.1 Å². The second-order valence-electron chi connectivity index (χ2n) is 8.08. The van der Waals surface area contributed by atoms with Crippen molar-refractivity contribution in [3.8, 4) is 0 Å². The summed E-state index contributed by atoms with van der Waals surface area (Å²) in [5, 5.41) is 0. The third-order valence-corrected chi connectivity index (χ3v) is 6.06. The molecule has 2 rings (SSSR count). The molecule has 0 N–H and O–H groups in total. The Morgan fingerprint density at radius 1 is 1.12 bits per heavy atom. The van der Waals surface area contributed by atoms with Gasteiger partial charge >= 0.3 is 19.1 Å². The van der Waals surface area contributed by atoms with Gasteiger partial charge in [-0.05, 0) is 58.9 Å². The fraction of sp³-hybridized carbons (Fsp3) is 0.684. The molecule has 1 unspecified atom stereocenters. The molecule has 2 fully saturated rings. The molecule has 1 saturated heterocycles. The number of carbonyl (C=O) groups excluding carboxylic acids is 2. The molecule has 1 atom stereocenters. The Morgan fingerprint density at radius 3 is 1.96 bits per heavy atom. The minimum Gasteiger partial charge on any atom is -0.468 e. The zero-order chi connectivity index (χ0) is 19.9. The summed E-state index contributed by atoms with van der Waals surface area (Å²) >= 11 is 0. The van der Waals surface area contributed by atoms with Crippen molar-refractivity contribution in [1.82, 2.24) is 0 Å². The van der Waals surface area contributed by atoms with Crippen molar-refractivity contribution in [2.24, 2.45) is 11.3 Å². The molecule has 1 saturated carbocycles. The van der Waals surface area contributed by atoms with E-state index in [1.807, 2.05) is 34.6 Å². The van der Waals surface area contributed by atoms with Crippen LogP contribution in [0.2, 0.25) is 0 Å². The molecule has 144 valence electrons. The molecular formula is C19H29BO6. The van der Waals surface area contributed by atoms with Crippen LogP contribution in [0.1, 0.15) is 47.5 Å². The zero-order valence-corrected chi connectivity index (χ0v) is 16.8. The van der Waals surface area contributed by atoms with Crippen molar-refractivity contribution in [3.63, 3.8) is 0 Å². The molecule has 1 aliphatic heterocycles. The van der Waals surface area contributed by atoms with Crippen LogP contribution in [0.15, 0.2) is 23.7 Å². The first-order valence-electron chi connectivity index (χ1n) is 8.80. The first-order valence-corrected chi connectivity index (χ1v) is 8.80. The average Bonchev–Trinajstić information content (AvgIpc) is 3.08. The molecule has 0 aromatic rings. The Morgan fingerprint density at radius 2 is 1.58 bits per heavy atom. The highest BCUT2D eigenvalue weighted by atomic mass is 16.7. The number of allylic oxidation sites excluding steroid dienone is 3. The molecule has 6 nitrogen and oxygen atoms in total. The minimum absolute atomic E-state index is 0.160. The van der Waals surface area contributed by atoms with Gasteiger partial charge in [0.05, 0.1) is 25.4 Å². The number of rotatable bonds is 4. The van der Waals surface area contributed by atoms with Crippen LogP contribution >= 0.6 is 0 Å². The van der Waals surface area contributed by atoms with Crippen molar-refractivity contribution in [2.45, 2.75) is 58.7 Å². The van der Waals surface area contributed by atoms with Gasteiger partial charge in [0, 0.05) is 0 Å². The van der Waals surface area contributed by atoms with E-state index in [4.69, 9.17) is 18.8 Å². The van der Waals surface area contributed by atoms with Gasteiger partial charge < -0.3 is 18.8 Å². The van der Waals surface area contributed by atoms with Crippen molar-refractivity contribution in [2.75, 3.05) is 14.2 Å². The second-order valence-corrected chi connectivity index (χ2v) is 8.08. The van der Waals surface area contributed by atoms with Gasteiger partial charge in [-0.2, -0.15) is 0 Å². The van der Waals surface area contributed by atoms with Gasteiger partial charge in [-0.3, -0.25) is 9.59 Å². The van der Waals surface area contributed by atoms with Crippen molar-refractivity contribution >= 4 is 19.1 Å². The van der Waals surface area contributed by atoms with Gasteiger partial charge in [0.15, 0.2) is 5.41 Å². The third kappa shape index (κ3) is 3.12. The predicted octanol–water partition coefficient (Wildman–Crippen LogP) is 2.86. The quantitative estimate of drug-likeness (QED) is 0.331. The van der Waals surface area contributed by atoms with Gasteiger partial charge in [-0.1, -0.05) is 11.6 Å². The number of hydrogen-bond donors (Lipinski definition) is 0. The van der Waals surface area contributed by atoms with Crippen LogP contribution in [-0.2, 0) is 28.4 Å². The van der Waals surface area contributed by atoms with Gasteiger partial charge in [0.2, 0.25) is 0 Å².